The number of aliphatic carboxylic acids is 1. The largest absolute Gasteiger partial charge is 0.480 e. The van der Waals surface area contributed by atoms with Crippen LogP contribution in [0.15, 0.2) is 4.99 Å². The second-order valence-corrected chi connectivity index (χ2v) is 6.00. The molecule has 0 saturated carbocycles. The number of carbonyl (C=O) groups excluding carboxylic acids is 2. The molecule has 9 N–H and O–H groups in total. The fourth-order valence-electron chi connectivity index (χ4n) is 1.72. The number of rotatable bonds is 12. The maximum absolute atomic E-state index is 12.1. The van der Waals surface area contributed by atoms with Crippen molar-refractivity contribution in [1.82, 2.24) is 10.6 Å². The molecule has 0 aliphatic carbocycles. The van der Waals surface area contributed by atoms with E-state index >= 15 is 0 Å². The van der Waals surface area contributed by atoms with Crippen LogP contribution in [0, 0.1) is 0 Å². The lowest BCUT2D eigenvalue weighted by Gasteiger charge is -2.20. The number of carboxylic acid groups (broad SMARTS) is 1. The molecule has 0 aliphatic rings. The molecule has 0 rings (SSSR count). The molecule has 0 bridgehead atoms. The lowest BCUT2D eigenvalue weighted by molar-refractivity contribution is -0.138. The summed E-state index contributed by atoms with van der Waals surface area (Å²) in [5.74, 6) is -1.58. The smallest absolute Gasteiger partial charge is 0.322 e. The second kappa shape index (κ2) is 12.4. The summed E-state index contributed by atoms with van der Waals surface area (Å²) in [7, 11) is 0. The van der Waals surface area contributed by atoms with Crippen molar-refractivity contribution in [3.63, 3.8) is 0 Å². The highest BCUT2D eigenvalue weighted by atomic mass is 32.2. The predicted octanol–water partition coefficient (Wildman–Crippen LogP) is -2.19. The van der Waals surface area contributed by atoms with Gasteiger partial charge < -0.3 is 32.9 Å². The van der Waals surface area contributed by atoms with Gasteiger partial charge in [0.25, 0.3) is 0 Å². The van der Waals surface area contributed by atoms with E-state index in [1.807, 2.05) is 6.26 Å². The van der Waals surface area contributed by atoms with Gasteiger partial charge in [0, 0.05) is 6.54 Å². The molecule has 0 fully saturated rings. The third-order valence-electron chi connectivity index (χ3n) is 2.96. The fourth-order valence-corrected chi connectivity index (χ4v) is 2.19. The first kappa shape index (κ1) is 22.0. The molecule has 24 heavy (non-hydrogen) atoms. The first-order chi connectivity index (χ1) is 11.3. The maximum atomic E-state index is 12.1. The van der Waals surface area contributed by atoms with Crippen LogP contribution in [0.3, 0.4) is 0 Å². The Bertz CT molecular complexity index is 456. The van der Waals surface area contributed by atoms with Crippen molar-refractivity contribution >= 4 is 35.5 Å². The molecule has 2 amide bonds. The molecular formula is C13H26N6O4S. The number of carbonyl (C=O) groups is 3. The van der Waals surface area contributed by atoms with Crippen molar-refractivity contribution in [1.29, 1.82) is 0 Å². The van der Waals surface area contributed by atoms with Crippen LogP contribution in [-0.2, 0) is 14.4 Å². The summed E-state index contributed by atoms with van der Waals surface area (Å²) in [4.78, 5) is 38.3. The number of carboxylic acids is 1. The summed E-state index contributed by atoms with van der Waals surface area (Å²) in [6.07, 6.45) is 3.12. The van der Waals surface area contributed by atoms with Crippen molar-refractivity contribution in [2.24, 2.45) is 22.2 Å². The van der Waals surface area contributed by atoms with E-state index in [0.29, 0.717) is 31.6 Å². The molecule has 138 valence electrons. The van der Waals surface area contributed by atoms with Crippen molar-refractivity contribution in [2.75, 3.05) is 25.1 Å². The Morgan fingerprint density at radius 2 is 1.88 bits per heavy atom. The summed E-state index contributed by atoms with van der Waals surface area (Å²) >= 11 is 1.51. The molecule has 11 heteroatoms. The van der Waals surface area contributed by atoms with E-state index in [1.54, 1.807) is 0 Å². The van der Waals surface area contributed by atoms with Crippen molar-refractivity contribution < 1.29 is 19.5 Å². The van der Waals surface area contributed by atoms with Gasteiger partial charge in [-0.15, -0.1) is 0 Å². The summed E-state index contributed by atoms with van der Waals surface area (Å²) in [5.41, 5.74) is 16.2. The zero-order valence-corrected chi connectivity index (χ0v) is 14.5. The standard InChI is InChI=1S/C13H26N6O4S/c1-24-6-4-9(12(23)18-7-10(20)21)19-11(22)8(14)3-2-5-17-13(15)16/h8-9H,2-7,14H2,1H3,(H,18,23)(H,19,22)(H,20,21)(H4,15,16,17)/t8-,9-/m0/s1. The Hall–Kier alpha value is -2.01. The SMILES string of the molecule is CSCC[C@H](NC(=O)[C@@H](N)CCCN=C(N)N)C(=O)NCC(=O)O. The number of nitrogens with two attached hydrogens (primary N) is 3. The highest BCUT2D eigenvalue weighted by Gasteiger charge is 2.23. The number of nitrogens with zero attached hydrogens (tertiary/aromatic N) is 1. The number of nitrogens with one attached hydrogen (secondary N) is 2. The molecule has 0 spiro atoms. The maximum Gasteiger partial charge on any atom is 0.322 e. The van der Waals surface area contributed by atoms with Crippen molar-refractivity contribution in [3.05, 3.63) is 0 Å². The Labute approximate surface area is 145 Å². The first-order valence-corrected chi connectivity index (χ1v) is 8.77. The fraction of sp³-hybridized carbons (Fsp3) is 0.692. The van der Waals surface area contributed by atoms with Gasteiger partial charge in [0.05, 0.1) is 6.04 Å². The van der Waals surface area contributed by atoms with Crippen LogP contribution < -0.4 is 27.8 Å². The van der Waals surface area contributed by atoms with Crippen LogP contribution in [0.1, 0.15) is 19.3 Å². The van der Waals surface area contributed by atoms with Crippen LogP contribution in [-0.4, -0.2) is 66.0 Å². The van der Waals surface area contributed by atoms with Crippen LogP contribution >= 0.6 is 11.8 Å². The molecule has 0 saturated heterocycles. The highest BCUT2D eigenvalue weighted by Crippen LogP contribution is 2.03. The molecule has 0 heterocycles. The summed E-state index contributed by atoms with van der Waals surface area (Å²) in [6, 6.07) is -1.63. The Morgan fingerprint density at radius 3 is 2.42 bits per heavy atom. The molecule has 0 aromatic heterocycles. The molecule has 10 nitrogen and oxygen atoms in total. The number of hydrogen-bond donors (Lipinski definition) is 6. The van der Waals surface area contributed by atoms with E-state index in [-0.39, 0.29) is 5.96 Å². The quantitative estimate of drug-likeness (QED) is 0.128. The van der Waals surface area contributed by atoms with Gasteiger partial charge in [-0.2, -0.15) is 11.8 Å². The summed E-state index contributed by atoms with van der Waals surface area (Å²) in [6.45, 7) is -0.145. The molecule has 0 unspecified atom stereocenters. The number of aliphatic imine (C=N–C) groups is 1. The Morgan fingerprint density at radius 1 is 1.21 bits per heavy atom. The predicted molar refractivity (Wildman–Crippen MR) is 93.5 cm³/mol. The van der Waals surface area contributed by atoms with Gasteiger partial charge in [0.15, 0.2) is 5.96 Å². The molecular weight excluding hydrogens is 336 g/mol. The summed E-state index contributed by atoms with van der Waals surface area (Å²) < 4.78 is 0. The van der Waals surface area contributed by atoms with E-state index in [9.17, 15) is 14.4 Å². The minimum Gasteiger partial charge on any atom is -0.480 e. The van der Waals surface area contributed by atoms with Crippen LogP contribution in [0.4, 0.5) is 0 Å². The van der Waals surface area contributed by atoms with Gasteiger partial charge in [-0.25, -0.2) is 0 Å². The van der Waals surface area contributed by atoms with Crippen LogP contribution in [0.25, 0.3) is 0 Å². The Balaban J connectivity index is 4.47. The third kappa shape index (κ3) is 10.7. The van der Waals surface area contributed by atoms with Crippen LogP contribution in [0.5, 0.6) is 0 Å². The van der Waals surface area contributed by atoms with Gasteiger partial charge in [0.2, 0.25) is 11.8 Å². The lowest BCUT2D eigenvalue weighted by Crippen LogP contribution is -2.52. The van der Waals surface area contributed by atoms with E-state index in [2.05, 4.69) is 15.6 Å². The van der Waals surface area contributed by atoms with Crippen molar-refractivity contribution in [2.45, 2.75) is 31.3 Å². The second-order valence-electron chi connectivity index (χ2n) is 5.01. The lowest BCUT2D eigenvalue weighted by atomic mass is 10.1. The normalized spacial score (nSPS) is 12.8. The Kier molecular flexibility index (Phi) is 11.4. The van der Waals surface area contributed by atoms with E-state index < -0.39 is 36.4 Å². The van der Waals surface area contributed by atoms with Gasteiger partial charge in [-0.3, -0.25) is 19.4 Å². The molecule has 0 aromatic rings. The molecule has 0 aliphatic heterocycles. The average Bonchev–Trinajstić information content (AvgIpc) is 2.52. The summed E-state index contributed by atoms with van der Waals surface area (Å²) in [5, 5.41) is 13.4. The van der Waals surface area contributed by atoms with E-state index in [1.165, 1.54) is 11.8 Å². The monoisotopic (exact) mass is 362 g/mol. The average molecular weight is 362 g/mol. The topological polar surface area (TPSA) is 186 Å². The van der Waals surface area contributed by atoms with Gasteiger partial charge in [-0.1, -0.05) is 0 Å². The van der Waals surface area contributed by atoms with Crippen LogP contribution in [0.2, 0.25) is 0 Å². The van der Waals surface area contributed by atoms with Gasteiger partial charge >= 0.3 is 5.97 Å². The number of amides is 2. The van der Waals surface area contributed by atoms with Gasteiger partial charge in [0.1, 0.15) is 12.6 Å². The minimum atomic E-state index is -1.16. The zero-order valence-electron chi connectivity index (χ0n) is 13.7. The highest BCUT2D eigenvalue weighted by molar-refractivity contribution is 7.98. The van der Waals surface area contributed by atoms with Gasteiger partial charge in [-0.05, 0) is 31.3 Å². The number of guanidine groups is 1. The number of hydrogen-bond acceptors (Lipinski definition) is 6. The van der Waals surface area contributed by atoms with E-state index in [0.717, 1.165) is 0 Å². The minimum absolute atomic E-state index is 0.0275. The van der Waals surface area contributed by atoms with E-state index in [4.69, 9.17) is 22.3 Å². The molecule has 0 aromatic carbocycles. The first-order valence-electron chi connectivity index (χ1n) is 7.37. The molecule has 2 atom stereocenters. The zero-order chi connectivity index (χ0) is 18.5. The number of thioether (sulfide) groups is 1. The molecule has 0 radical (unpaired) electrons. The third-order valence-corrected chi connectivity index (χ3v) is 3.61. The van der Waals surface area contributed by atoms with Crippen molar-refractivity contribution in [3.8, 4) is 0 Å².